The monoisotopic (exact) mass is 752 g/mol. The van der Waals surface area contributed by atoms with Gasteiger partial charge in [0, 0.05) is 55.6 Å². The van der Waals surface area contributed by atoms with Crippen LogP contribution in [0.15, 0.2) is 152 Å². The van der Waals surface area contributed by atoms with E-state index >= 15 is 0 Å². The van der Waals surface area contributed by atoms with E-state index < -0.39 is 10.1 Å². The number of H-pyrrole nitrogens is 2. The zero-order valence-corrected chi connectivity index (χ0v) is 29.8. The molecule has 2 N–H and O–H groups in total. The van der Waals surface area contributed by atoms with Gasteiger partial charge in [-0.2, -0.15) is 0 Å². The fourth-order valence-electron chi connectivity index (χ4n) is 7.09. The molecule has 259 valence electrons. The van der Waals surface area contributed by atoms with Crippen LogP contribution in [0.25, 0.3) is 78.1 Å². The zero-order chi connectivity index (χ0) is 35.2. The van der Waals surface area contributed by atoms with Crippen molar-refractivity contribution in [3.8, 4) is 33.4 Å². The normalized spacial score (nSPS) is 12.5. The molecule has 0 saturated heterocycles. The molecule has 4 aromatic carbocycles. The summed E-state index contributed by atoms with van der Waals surface area (Å²) in [6.07, 6.45) is 3.95. The second kappa shape index (κ2) is 13.8. The van der Waals surface area contributed by atoms with Crippen LogP contribution in [-0.2, 0) is 26.9 Å². The maximum atomic E-state index is 13.4. The molecule has 7 nitrogen and oxygen atoms in total. The second-order valence-electron chi connectivity index (χ2n) is 12.6. The first-order valence-corrected chi connectivity index (χ1v) is 18.2. The Hall–Kier alpha value is -6.10. The molecule has 0 spiro atoms. The molecular weight excluding hydrogens is 724 g/mol. The number of aromatic amines is 2. The van der Waals surface area contributed by atoms with Gasteiger partial charge in [-0.05, 0) is 64.7 Å². The molecule has 0 amide bonds. The molecule has 0 saturated carbocycles. The predicted octanol–water partition coefficient (Wildman–Crippen LogP) is 9.95. The summed E-state index contributed by atoms with van der Waals surface area (Å²) in [6, 6.07) is 48.4. The molecular formula is C44H29CoN4O3S-. The minimum absolute atomic E-state index is 0. The predicted molar refractivity (Wildman–Crippen MR) is 208 cm³/mol. The van der Waals surface area contributed by atoms with Crippen molar-refractivity contribution in [3.05, 3.63) is 180 Å². The third-order valence-electron chi connectivity index (χ3n) is 9.25. The van der Waals surface area contributed by atoms with Crippen molar-refractivity contribution in [2.75, 3.05) is 0 Å². The number of hydrogen-bond acceptors (Lipinski definition) is 5. The van der Waals surface area contributed by atoms with Crippen molar-refractivity contribution in [2.24, 2.45) is 0 Å². The standard InChI is InChI=1S/C44H30N4O3S.Co/c49-52(50,51)44-37-27-35-24-22-33(46-35)25-32-21-23-34(45-32)26-36-38(28-13-5-1-6-14-28)39(29-15-7-2-8-16-29)42(47-36)40(30-17-9-3-10-18-30)43(48-37)41(44)31-19-11-4-12-20-31;/h1-27,46-47H,(H,49,50,51);/p-1. The number of aromatic nitrogens is 4. The summed E-state index contributed by atoms with van der Waals surface area (Å²) >= 11 is 0. The first-order valence-electron chi connectivity index (χ1n) is 16.8. The molecule has 3 aromatic heterocycles. The molecule has 53 heavy (non-hydrogen) atoms. The Labute approximate surface area is 316 Å². The molecule has 0 aliphatic carbocycles. The van der Waals surface area contributed by atoms with Crippen molar-refractivity contribution in [1.29, 1.82) is 0 Å². The number of nitrogens with zero attached hydrogens (tertiary/aromatic N) is 2. The first kappa shape index (κ1) is 34.0. The van der Waals surface area contributed by atoms with Crippen molar-refractivity contribution in [1.82, 2.24) is 19.9 Å². The second-order valence-corrected chi connectivity index (χ2v) is 13.9. The minimum Gasteiger partial charge on any atom is -0.744 e. The van der Waals surface area contributed by atoms with Gasteiger partial charge >= 0.3 is 0 Å². The minimum atomic E-state index is -5.05. The molecule has 0 fully saturated rings. The third-order valence-corrected chi connectivity index (χ3v) is 10.2. The number of nitrogens with one attached hydrogen (secondary N) is 2. The van der Waals surface area contributed by atoms with Gasteiger partial charge in [-0.1, -0.05) is 121 Å². The number of rotatable bonds is 5. The van der Waals surface area contributed by atoms with Gasteiger partial charge in [-0.25, -0.2) is 18.4 Å². The van der Waals surface area contributed by atoms with Crippen LogP contribution in [0.3, 0.4) is 0 Å². The summed E-state index contributed by atoms with van der Waals surface area (Å²) < 4.78 is 40.3. The van der Waals surface area contributed by atoms with Crippen LogP contribution >= 0.6 is 0 Å². The van der Waals surface area contributed by atoms with Gasteiger partial charge in [0.05, 0.1) is 33.2 Å². The molecule has 7 aromatic rings. The van der Waals surface area contributed by atoms with Gasteiger partial charge < -0.3 is 14.5 Å². The van der Waals surface area contributed by atoms with E-state index in [9.17, 15) is 13.0 Å². The van der Waals surface area contributed by atoms with Crippen molar-refractivity contribution < 1.29 is 29.7 Å². The van der Waals surface area contributed by atoms with Gasteiger partial charge in [0.15, 0.2) is 0 Å². The van der Waals surface area contributed by atoms with Crippen LogP contribution in [0.2, 0.25) is 0 Å². The van der Waals surface area contributed by atoms with Crippen LogP contribution in [0, 0.1) is 0 Å². The van der Waals surface area contributed by atoms with Gasteiger partial charge in [0.25, 0.3) is 0 Å². The van der Waals surface area contributed by atoms with E-state index in [0.29, 0.717) is 27.9 Å². The Balaban J connectivity index is 0.00000400. The molecule has 1 radical (unpaired) electrons. The molecule has 8 bridgehead atoms. The smallest absolute Gasteiger partial charge is 0.127 e. The summed E-state index contributed by atoms with van der Waals surface area (Å²) in [5.74, 6) is 0. The van der Waals surface area contributed by atoms with E-state index in [2.05, 4.69) is 34.2 Å². The topological polar surface area (TPSA) is 115 Å². The maximum Gasteiger partial charge on any atom is 0.127 e. The Morgan fingerprint density at radius 3 is 1.57 bits per heavy atom. The van der Waals surface area contributed by atoms with Gasteiger partial charge in [0.1, 0.15) is 10.1 Å². The first-order chi connectivity index (χ1) is 25.4. The maximum absolute atomic E-state index is 13.4. The fourth-order valence-corrected chi connectivity index (χ4v) is 7.92. The van der Waals surface area contributed by atoms with Crippen LogP contribution in [0.4, 0.5) is 0 Å². The average molecular weight is 753 g/mol. The van der Waals surface area contributed by atoms with E-state index in [0.717, 1.165) is 50.2 Å². The largest absolute Gasteiger partial charge is 0.744 e. The molecule has 9 heteroatoms. The van der Waals surface area contributed by atoms with E-state index in [-0.39, 0.29) is 33.0 Å². The zero-order valence-electron chi connectivity index (χ0n) is 27.9. The molecule has 0 atom stereocenters. The number of hydrogen-bond donors (Lipinski definition) is 2. The quantitative estimate of drug-likeness (QED) is 0.170. The Morgan fingerprint density at radius 1 is 0.509 bits per heavy atom. The van der Waals surface area contributed by atoms with Crippen molar-refractivity contribution in [2.45, 2.75) is 0 Å². The van der Waals surface area contributed by atoms with Crippen LogP contribution in [0.1, 0.15) is 28.3 Å². The molecule has 0 unspecified atom stereocenters. The Bertz CT molecular complexity index is 2850. The van der Waals surface area contributed by atoms with E-state index in [1.165, 1.54) is 0 Å². The van der Waals surface area contributed by atoms with Crippen molar-refractivity contribution in [3.63, 3.8) is 0 Å². The van der Waals surface area contributed by atoms with Crippen LogP contribution in [-0.4, -0.2) is 32.9 Å². The van der Waals surface area contributed by atoms with Crippen LogP contribution < -0.4 is 0 Å². The van der Waals surface area contributed by atoms with E-state index in [1.807, 2.05) is 133 Å². The summed E-state index contributed by atoms with van der Waals surface area (Å²) in [5, 5.41) is 0. The summed E-state index contributed by atoms with van der Waals surface area (Å²) in [6.45, 7) is 0. The summed E-state index contributed by atoms with van der Waals surface area (Å²) in [4.78, 5) is 16.8. The van der Waals surface area contributed by atoms with Gasteiger partial charge in [-0.15, -0.1) is 0 Å². The van der Waals surface area contributed by atoms with E-state index in [1.54, 1.807) is 6.07 Å². The van der Waals surface area contributed by atoms with Crippen molar-refractivity contribution >= 4 is 54.8 Å². The molecule has 5 heterocycles. The Morgan fingerprint density at radius 2 is 1.00 bits per heavy atom. The van der Waals surface area contributed by atoms with E-state index in [4.69, 9.17) is 9.97 Å². The molecule has 2 aliphatic heterocycles. The SMILES string of the molecule is O=S(=O)([O-])C1=C(c2ccccc2)c2nc1cc1ccc(cc3nc(cc4[nH]c(c2-c2ccccc2)c(-c2ccccc2)c4-c2ccccc2)C=C3)[nH]1.[Co]. The van der Waals surface area contributed by atoms with Gasteiger partial charge in [0.2, 0.25) is 0 Å². The number of benzene rings is 4. The average Bonchev–Trinajstić information content (AvgIpc) is 3.96. The fraction of sp³-hybridized carbons (Fsp3) is 0. The van der Waals surface area contributed by atoms with Crippen LogP contribution in [0.5, 0.6) is 0 Å². The van der Waals surface area contributed by atoms with Gasteiger partial charge in [-0.3, -0.25) is 0 Å². The molecule has 2 aliphatic rings. The Kier molecular flexibility index (Phi) is 8.85. The number of fused-ring (bicyclic) bond motifs is 8. The summed E-state index contributed by atoms with van der Waals surface area (Å²) in [5.41, 5.74) is 10.8. The third kappa shape index (κ3) is 6.36. The summed E-state index contributed by atoms with van der Waals surface area (Å²) in [7, 11) is -5.05. The molecule has 9 rings (SSSR count).